The molecule has 1 aliphatic carbocycles. The largest absolute Gasteiger partial charge is 0.383 e. The highest BCUT2D eigenvalue weighted by molar-refractivity contribution is 7.17. The molecule has 0 atom stereocenters. The van der Waals surface area contributed by atoms with Crippen LogP contribution in [0.1, 0.15) is 44.1 Å². The van der Waals surface area contributed by atoms with E-state index in [9.17, 15) is 9.59 Å². The molecule has 4 rings (SSSR count). The standard InChI is InChI=1S/C20H22N4O3S/c1-27-11-9-21-19(26)17-14-7-2-3-8-16(14)28-20(17)22-18(25)15-12-13-6-4-5-10-24(13)23-15/h4-6,10,12H,2-3,7-9,11H2,1H3,(H,21,26)(H,22,25). The van der Waals surface area contributed by atoms with Gasteiger partial charge >= 0.3 is 0 Å². The molecule has 0 aromatic carbocycles. The van der Waals surface area contributed by atoms with Gasteiger partial charge in [0.05, 0.1) is 17.7 Å². The van der Waals surface area contributed by atoms with Gasteiger partial charge < -0.3 is 15.4 Å². The van der Waals surface area contributed by atoms with Gasteiger partial charge in [-0.1, -0.05) is 6.07 Å². The zero-order valence-corrected chi connectivity index (χ0v) is 16.5. The van der Waals surface area contributed by atoms with Crippen LogP contribution in [0.25, 0.3) is 5.52 Å². The number of thiophene rings is 1. The summed E-state index contributed by atoms with van der Waals surface area (Å²) in [7, 11) is 1.60. The third-order valence-electron chi connectivity index (χ3n) is 4.82. The molecule has 3 aromatic rings. The molecule has 0 radical (unpaired) electrons. The van der Waals surface area contributed by atoms with Crippen LogP contribution in [0.4, 0.5) is 5.00 Å². The summed E-state index contributed by atoms with van der Waals surface area (Å²) in [5.74, 6) is -0.477. The number of pyridine rings is 1. The molecule has 0 fully saturated rings. The number of hydrogen-bond donors (Lipinski definition) is 2. The number of carbonyl (C=O) groups is 2. The van der Waals surface area contributed by atoms with Crippen molar-refractivity contribution in [1.82, 2.24) is 14.9 Å². The topological polar surface area (TPSA) is 84.7 Å². The van der Waals surface area contributed by atoms with E-state index in [2.05, 4.69) is 15.7 Å². The number of nitrogens with zero attached hydrogens (tertiary/aromatic N) is 2. The number of anilines is 1. The monoisotopic (exact) mass is 398 g/mol. The minimum absolute atomic E-state index is 0.165. The Kier molecular flexibility index (Phi) is 5.40. The van der Waals surface area contributed by atoms with Crippen LogP contribution in [-0.2, 0) is 17.6 Å². The van der Waals surface area contributed by atoms with Crippen LogP contribution in [-0.4, -0.2) is 41.7 Å². The first-order chi connectivity index (χ1) is 13.7. The summed E-state index contributed by atoms with van der Waals surface area (Å²) in [5, 5.41) is 10.7. The number of ether oxygens (including phenoxy) is 1. The second kappa shape index (κ2) is 8.12. The van der Waals surface area contributed by atoms with Crippen LogP contribution in [0.3, 0.4) is 0 Å². The van der Waals surface area contributed by atoms with Crippen LogP contribution in [0.15, 0.2) is 30.5 Å². The zero-order chi connectivity index (χ0) is 19.5. The Morgan fingerprint density at radius 1 is 1.25 bits per heavy atom. The minimum atomic E-state index is -0.312. The zero-order valence-electron chi connectivity index (χ0n) is 15.7. The second-order valence-electron chi connectivity index (χ2n) is 6.72. The molecule has 0 saturated heterocycles. The van der Waals surface area contributed by atoms with Crippen molar-refractivity contribution in [2.75, 3.05) is 25.6 Å². The highest BCUT2D eigenvalue weighted by Crippen LogP contribution is 2.38. The minimum Gasteiger partial charge on any atom is -0.383 e. The van der Waals surface area contributed by atoms with Gasteiger partial charge in [0, 0.05) is 24.7 Å². The lowest BCUT2D eigenvalue weighted by atomic mass is 9.95. The van der Waals surface area contributed by atoms with Crippen molar-refractivity contribution in [3.05, 3.63) is 52.2 Å². The van der Waals surface area contributed by atoms with E-state index in [0.717, 1.165) is 36.8 Å². The average molecular weight is 398 g/mol. The van der Waals surface area contributed by atoms with Gasteiger partial charge in [-0.25, -0.2) is 4.52 Å². The SMILES string of the molecule is COCCNC(=O)c1c(NC(=O)c2cc3ccccn3n2)sc2c1CCCC2. The molecule has 3 aromatic heterocycles. The van der Waals surface area contributed by atoms with Gasteiger partial charge in [0.2, 0.25) is 0 Å². The molecule has 0 bridgehead atoms. The van der Waals surface area contributed by atoms with Crippen molar-refractivity contribution in [3.8, 4) is 0 Å². The molecule has 7 nitrogen and oxygen atoms in total. The fourth-order valence-corrected chi connectivity index (χ4v) is 4.75. The Bertz CT molecular complexity index is 991. The van der Waals surface area contributed by atoms with E-state index in [-0.39, 0.29) is 11.8 Å². The normalized spacial score (nSPS) is 13.3. The number of aryl methyl sites for hydroxylation is 1. The molecule has 0 unspecified atom stereocenters. The Morgan fingerprint density at radius 3 is 2.93 bits per heavy atom. The number of rotatable bonds is 6. The van der Waals surface area contributed by atoms with Gasteiger partial charge in [-0.3, -0.25) is 9.59 Å². The van der Waals surface area contributed by atoms with Crippen LogP contribution in [0.2, 0.25) is 0 Å². The predicted octanol–water partition coefficient (Wildman–Crippen LogP) is 2.90. The maximum absolute atomic E-state index is 12.8. The van der Waals surface area contributed by atoms with E-state index >= 15 is 0 Å². The van der Waals surface area contributed by atoms with Crippen LogP contribution >= 0.6 is 11.3 Å². The number of methoxy groups -OCH3 is 1. The summed E-state index contributed by atoms with van der Waals surface area (Å²) in [5.41, 5.74) is 2.82. The maximum Gasteiger partial charge on any atom is 0.276 e. The first-order valence-electron chi connectivity index (χ1n) is 9.35. The van der Waals surface area contributed by atoms with Gasteiger partial charge in [-0.15, -0.1) is 11.3 Å². The van der Waals surface area contributed by atoms with E-state index in [0.29, 0.717) is 29.4 Å². The Balaban J connectivity index is 1.61. The lowest BCUT2D eigenvalue weighted by molar-refractivity contribution is 0.0937. The third kappa shape index (κ3) is 3.65. The van der Waals surface area contributed by atoms with Crippen molar-refractivity contribution in [3.63, 3.8) is 0 Å². The Morgan fingerprint density at radius 2 is 2.11 bits per heavy atom. The number of aromatic nitrogens is 2. The number of hydrogen-bond acceptors (Lipinski definition) is 5. The summed E-state index contributed by atoms with van der Waals surface area (Å²) in [6, 6.07) is 7.38. The Labute approximate surface area is 166 Å². The predicted molar refractivity (Wildman–Crippen MR) is 108 cm³/mol. The summed E-state index contributed by atoms with van der Waals surface area (Å²) in [4.78, 5) is 26.8. The van der Waals surface area contributed by atoms with Crippen LogP contribution in [0.5, 0.6) is 0 Å². The molecule has 28 heavy (non-hydrogen) atoms. The average Bonchev–Trinajstić information content (AvgIpc) is 3.29. The van der Waals surface area contributed by atoms with Crippen LogP contribution < -0.4 is 10.6 Å². The van der Waals surface area contributed by atoms with Gasteiger partial charge in [-0.05, 0) is 49.4 Å². The molecular formula is C20H22N4O3S. The highest BCUT2D eigenvalue weighted by Gasteiger charge is 2.26. The fourth-order valence-electron chi connectivity index (χ4n) is 3.47. The van der Waals surface area contributed by atoms with E-state index in [1.807, 2.05) is 18.2 Å². The van der Waals surface area contributed by atoms with Gasteiger partial charge in [0.15, 0.2) is 5.69 Å². The molecule has 0 spiro atoms. The third-order valence-corrected chi connectivity index (χ3v) is 6.03. The van der Waals surface area contributed by atoms with E-state index in [1.54, 1.807) is 23.9 Å². The number of nitrogens with one attached hydrogen (secondary N) is 2. The lowest BCUT2D eigenvalue weighted by Crippen LogP contribution is -2.28. The van der Waals surface area contributed by atoms with E-state index < -0.39 is 0 Å². The second-order valence-corrected chi connectivity index (χ2v) is 7.82. The van der Waals surface area contributed by atoms with Crippen LogP contribution in [0, 0.1) is 0 Å². The van der Waals surface area contributed by atoms with Gasteiger partial charge in [-0.2, -0.15) is 5.10 Å². The van der Waals surface area contributed by atoms with Gasteiger partial charge in [0.25, 0.3) is 11.8 Å². The molecule has 3 heterocycles. The highest BCUT2D eigenvalue weighted by atomic mass is 32.1. The van der Waals surface area contributed by atoms with Crippen molar-refractivity contribution in [2.24, 2.45) is 0 Å². The van der Waals surface area contributed by atoms with Gasteiger partial charge in [0.1, 0.15) is 5.00 Å². The summed E-state index contributed by atoms with van der Waals surface area (Å²) in [6.07, 6.45) is 5.77. The molecule has 0 saturated carbocycles. The summed E-state index contributed by atoms with van der Waals surface area (Å²) in [6.45, 7) is 0.876. The molecule has 8 heteroatoms. The van der Waals surface area contributed by atoms with E-state index in [1.165, 1.54) is 16.2 Å². The fraction of sp³-hybridized carbons (Fsp3) is 0.350. The van der Waals surface area contributed by atoms with E-state index in [4.69, 9.17) is 4.74 Å². The smallest absolute Gasteiger partial charge is 0.276 e. The number of amides is 2. The summed E-state index contributed by atoms with van der Waals surface area (Å²) < 4.78 is 6.67. The number of carbonyl (C=O) groups excluding carboxylic acids is 2. The lowest BCUT2D eigenvalue weighted by Gasteiger charge is -2.13. The molecule has 1 aliphatic rings. The molecule has 2 amide bonds. The first-order valence-corrected chi connectivity index (χ1v) is 10.2. The molecule has 2 N–H and O–H groups in total. The van der Waals surface area contributed by atoms with Crippen molar-refractivity contribution >= 4 is 33.7 Å². The molecule has 0 aliphatic heterocycles. The van der Waals surface area contributed by atoms with Crippen molar-refractivity contribution in [2.45, 2.75) is 25.7 Å². The number of fused-ring (bicyclic) bond motifs is 2. The summed E-state index contributed by atoms with van der Waals surface area (Å²) >= 11 is 1.50. The quantitative estimate of drug-likeness (QED) is 0.626. The molecular weight excluding hydrogens is 376 g/mol. The first kappa shape index (κ1) is 18.6. The van der Waals surface area contributed by atoms with Crippen molar-refractivity contribution in [1.29, 1.82) is 0 Å². The Hall–Kier alpha value is -2.71. The molecule has 146 valence electrons. The maximum atomic E-state index is 12.8. The van der Waals surface area contributed by atoms with Crippen molar-refractivity contribution < 1.29 is 14.3 Å².